The van der Waals surface area contributed by atoms with E-state index in [4.69, 9.17) is 0 Å². The molecule has 1 aliphatic rings. The van der Waals surface area contributed by atoms with Crippen molar-refractivity contribution in [2.75, 3.05) is 16.3 Å². The molecule has 0 amide bonds. The smallest absolute Gasteiger partial charge is 0.149 e. The number of nitrogens with zero attached hydrogens (tertiary/aromatic N) is 2. The van der Waals surface area contributed by atoms with Gasteiger partial charge in [-0.3, -0.25) is 0 Å². The standard InChI is InChI=1S/C22H28F2N2/c1-3-4-5-6-7-10-15-25-17(2)26(22-12-9-8-11-21(22)25)20-14-13-18(23)16-19(20)24/h8-9,11-14,16-17H,3-7,10,15H2,1-2H3. The topological polar surface area (TPSA) is 6.48 Å². The molecule has 2 aromatic carbocycles. The van der Waals surface area contributed by atoms with Crippen LogP contribution in [0.5, 0.6) is 0 Å². The molecule has 0 bridgehead atoms. The Hall–Kier alpha value is -2.10. The first-order valence-electron chi connectivity index (χ1n) is 9.73. The molecule has 4 heteroatoms. The van der Waals surface area contributed by atoms with Crippen LogP contribution >= 0.6 is 0 Å². The molecule has 0 fully saturated rings. The van der Waals surface area contributed by atoms with Gasteiger partial charge in [0, 0.05) is 12.6 Å². The van der Waals surface area contributed by atoms with Gasteiger partial charge in [-0.25, -0.2) is 8.78 Å². The van der Waals surface area contributed by atoms with Gasteiger partial charge < -0.3 is 9.80 Å². The van der Waals surface area contributed by atoms with Gasteiger partial charge in [0.15, 0.2) is 0 Å². The van der Waals surface area contributed by atoms with Gasteiger partial charge in [0.2, 0.25) is 0 Å². The van der Waals surface area contributed by atoms with E-state index in [2.05, 4.69) is 24.8 Å². The summed E-state index contributed by atoms with van der Waals surface area (Å²) in [6, 6.07) is 11.9. The maximum atomic E-state index is 14.4. The third-order valence-corrected chi connectivity index (χ3v) is 5.20. The van der Waals surface area contributed by atoms with Crippen LogP contribution in [-0.2, 0) is 0 Å². The summed E-state index contributed by atoms with van der Waals surface area (Å²) in [7, 11) is 0. The van der Waals surface area contributed by atoms with Gasteiger partial charge in [0.05, 0.1) is 17.1 Å². The highest BCUT2D eigenvalue weighted by Gasteiger charge is 2.34. The van der Waals surface area contributed by atoms with Crippen LogP contribution in [0.2, 0.25) is 0 Å². The van der Waals surface area contributed by atoms with Crippen molar-refractivity contribution in [3.63, 3.8) is 0 Å². The van der Waals surface area contributed by atoms with Crippen LogP contribution in [0.1, 0.15) is 52.4 Å². The van der Waals surface area contributed by atoms with Crippen LogP contribution in [0.25, 0.3) is 0 Å². The van der Waals surface area contributed by atoms with Crippen molar-refractivity contribution in [2.45, 2.75) is 58.5 Å². The Labute approximate surface area is 155 Å². The molecule has 1 heterocycles. The van der Waals surface area contributed by atoms with E-state index in [0.717, 1.165) is 30.4 Å². The largest absolute Gasteiger partial charge is 0.349 e. The first-order valence-corrected chi connectivity index (χ1v) is 9.73. The summed E-state index contributed by atoms with van der Waals surface area (Å²) < 4.78 is 27.8. The van der Waals surface area contributed by atoms with Crippen molar-refractivity contribution in [1.29, 1.82) is 0 Å². The predicted octanol–water partition coefficient (Wildman–Crippen LogP) is 6.63. The van der Waals surface area contributed by atoms with Gasteiger partial charge in [0.25, 0.3) is 0 Å². The van der Waals surface area contributed by atoms with Crippen LogP contribution in [-0.4, -0.2) is 12.7 Å². The summed E-state index contributed by atoms with van der Waals surface area (Å²) in [5.74, 6) is -1.07. The third kappa shape index (κ3) is 3.84. The first kappa shape index (κ1) is 18.7. The van der Waals surface area contributed by atoms with Crippen LogP contribution in [0, 0.1) is 11.6 Å². The minimum atomic E-state index is -0.546. The number of unbranched alkanes of at least 4 members (excludes halogenated alkanes) is 5. The Morgan fingerprint density at radius 3 is 2.27 bits per heavy atom. The van der Waals surface area contributed by atoms with E-state index in [1.54, 1.807) is 0 Å². The summed E-state index contributed by atoms with van der Waals surface area (Å²) in [6.45, 7) is 5.26. The van der Waals surface area contributed by atoms with Crippen LogP contribution in [0.15, 0.2) is 42.5 Å². The van der Waals surface area contributed by atoms with E-state index in [1.165, 1.54) is 44.2 Å². The number of fused-ring (bicyclic) bond motifs is 1. The summed E-state index contributed by atoms with van der Waals surface area (Å²) in [5.41, 5.74) is 2.53. The molecule has 1 atom stereocenters. The minimum absolute atomic E-state index is 0.00278. The molecule has 0 saturated heterocycles. The van der Waals surface area contributed by atoms with Crippen LogP contribution < -0.4 is 9.80 Å². The van der Waals surface area contributed by atoms with Crippen molar-refractivity contribution in [3.05, 3.63) is 54.1 Å². The molecule has 1 aliphatic heterocycles. The Morgan fingerprint density at radius 2 is 1.54 bits per heavy atom. The number of hydrogen-bond donors (Lipinski definition) is 0. The van der Waals surface area contributed by atoms with E-state index in [9.17, 15) is 8.78 Å². The SMILES string of the molecule is CCCCCCCCN1c2ccccc2N(c2ccc(F)cc2F)C1C. The fourth-order valence-corrected chi connectivity index (χ4v) is 3.83. The second-order valence-corrected chi connectivity index (χ2v) is 7.05. The van der Waals surface area contributed by atoms with E-state index in [-0.39, 0.29) is 6.17 Å². The molecule has 2 aromatic rings. The highest BCUT2D eigenvalue weighted by Crippen LogP contribution is 2.44. The molecule has 0 aromatic heterocycles. The molecule has 140 valence electrons. The lowest BCUT2D eigenvalue weighted by atomic mass is 10.1. The third-order valence-electron chi connectivity index (χ3n) is 5.20. The van der Waals surface area contributed by atoms with Gasteiger partial charge in [-0.2, -0.15) is 0 Å². The number of benzene rings is 2. The fourth-order valence-electron chi connectivity index (χ4n) is 3.83. The van der Waals surface area contributed by atoms with Crippen molar-refractivity contribution in [3.8, 4) is 0 Å². The van der Waals surface area contributed by atoms with Crippen LogP contribution in [0.4, 0.5) is 25.8 Å². The Balaban J connectivity index is 1.76. The summed E-state index contributed by atoms with van der Waals surface area (Å²) in [5, 5.41) is 0. The summed E-state index contributed by atoms with van der Waals surface area (Å²) in [4.78, 5) is 4.30. The Kier molecular flexibility index (Phi) is 6.12. The van der Waals surface area contributed by atoms with Gasteiger partial charge in [-0.1, -0.05) is 51.2 Å². The molecular formula is C22H28F2N2. The van der Waals surface area contributed by atoms with E-state index >= 15 is 0 Å². The summed E-state index contributed by atoms with van der Waals surface area (Å²) >= 11 is 0. The lowest BCUT2D eigenvalue weighted by Gasteiger charge is -2.30. The molecule has 0 spiro atoms. The van der Waals surface area contributed by atoms with Gasteiger partial charge >= 0.3 is 0 Å². The highest BCUT2D eigenvalue weighted by molar-refractivity contribution is 5.83. The average Bonchev–Trinajstić information content (AvgIpc) is 2.90. The second-order valence-electron chi connectivity index (χ2n) is 7.05. The zero-order valence-electron chi connectivity index (χ0n) is 15.7. The van der Waals surface area contributed by atoms with Crippen LogP contribution in [0.3, 0.4) is 0 Å². The quantitative estimate of drug-likeness (QED) is 0.489. The zero-order valence-corrected chi connectivity index (χ0v) is 15.7. The van der Waals surface area contributed by atoms with E-state index < -0.39 is 11.6 Å². The molecule has 0 radical (unpaired) electrons. The van der Waals surface area contributed by atoms with Crippen molar-refractivity contribution in [2.24, 2.45) is 0 Å². The zero-order chi connectivity index (χ0) is 18.5. The number of halogens is 2. The molecule has 26 heavy (non-hydrogen) atoms. The van der Waals surface area contributed by atoms with E-state index in [1.807, 2.05) is 23.1 Å². The van der Waals surface area contributed by atoms with Gasteiger partial charge in [-0.05, 0) is 37.6 Å². The van der Waals surface area contributed by atoms with Gasteiger partial charge in [-0.15, -0.1) is 0 Å². The predicted molar refractivity (Wildman–Crippen MR) is 105 cm³/mol. The number of hydrogen-bond acceptors (Lipinski definition) is 2. The Bertz CT molecular complexity index is 732. The lowest BCUT2D eigenvalue weighted by molar-refractivity contribution is 0.566. The van der Waals surface area contributed by atoms with Crippen molar-refractivity contribution in [1.82, 2.24) is 0 Å². The fraction of sp³-hybridized carbons (Fsp3) is 0.455. The lowest BCUT2D eigenvalue weighted by Crippen LogP contribution is -2.39. The first-order chi connectivity index (χ1) is 12.6. The molecule has 3 rings (SSSR count). The number of para-hydroxylation sites is 2. The van der Waals surface area contributed by atoms with Gasteiger partial charge in [0.1, 0.15) is 17.8 Å². The molecule has 1 unspecified atom stereocenters. The molecule has 0 saturated carbocycles. The highest BCUT2D eigenvalue weighted by atomic mass is 19.1. The Morgan fingerprint density at radius 1 is 0.846 bits per heavy atom. The summed E-state index contributed by atoms with van der Waals surface area (Å²) in [6.07, 6.45) is 7.49. The average molecular weight is 358 g/mol. The molecule has 0 N–H and O–H groups in total. The van der Waals surface area contributed by atoms with E-state index in [0.29, 0.717) is 5.69 Å². The maximum absolute atomic E-state index is 14.4. The van der Waals surface area contributed by atoms with Crippen molar-refractivity contribution < 1.29 is 8.78 Å². The van der Waals surface area contributed by atoms with Crippen molar-refractivity contribution >= 4 is 17.1 Å². The molecule has 2 nitrogen and oxygen atoms in total. The maximum Gasteiger partial charge on any atom is 0.149 e. The monoisotopic (exact) mass is 358 g/mol. The normalized spacial score (nSPS) is 16.2. The number of rotatable bonds is 8. The minimum Gasteiger partial charge on any atom is -0.349 e. The molecule has 0 aliphatic carbocycles. The second kappa shape index (κ2) is 8.52. The molecular weight excluding hydrogens is 330 g/mol. The number of anilines is 3.